The highest BCUT2D eigenvalue weighted by Gasteiger charge is 2.17. The molecule has 0 unspecified atom stereocenters. The van der Waals surface area contributed by atoms with Crippen LogP contribution in [0.15, 0.2) is 24.3 Å². The summed E-state index contributed by atoms with van der Waals surface area (Å²) in [5, 5.41) is 3.20. The lowest BCUT2D eigenvalue weighted by Crippen LogP contribution is -2.18. The Hall–Kier alpha value is -1.03. The van der Waals surface area contributed by atoms with E-state index in [2.05, 4.69) is 32.2 Å². The van der Waals surface area contributed by atoms with Crippen LogP contribution in [0, 0.1) is 0 Å². The molecule has 1 aromatic carbocycles. The van der Waals surface area contributed by atoms with Crippen molar-refractivity contribution >= 4 is 15.5 Å². The van der Waals surface area contributed by atoms with Crippen LogP contribution in [0.2, 0.25) is 0 Å². The lowest BCUT2D eigenvalue weighted by molar-refractivity contribution is 0.591. The molecule has 17 heavy (non-hydrogen) atoms. The maximum Gasteiger partial charge on any atom is 0.149 e. The Morgan fingerprint density at radius 2 is 1.76 bits per heavy atom. The molecule has 0 heterocycles. The van der Waals surface area contributed by atoms with E-state index in [1.165, 1.54) is 11.8 Å². The van der Waals surface area contributed by atoms with E-state index >= 15 is 0 Å². The summed E-state index contributed by atoms with van der Waals surface area (Å²) in [4.78, 5) is 0. The lowest BCUT2D eigenvalue weighted by Gasteiger charge is -2.23. The number of benzene rings is 1. The molecule has 0 radical (unpaired) electrons. The summed E-state index contributed by atoms with van der Waals surface area (Å²) in [5.41, 5.74) is 2.27. The summed E-state index contributed by atoms with van der Waals surface area (Å²) in [6.45, 7) is 6.88. The van der Waals surface area contributed by atoms with Gasteiger partial charge in [-0.3, -0.25) is 0 Å². The highest BCUT2D eigenvalue weighted by atomic mass is 32.2. The van der Waals surface area contributed by atoms with Gasteiger partial charge in [-0.15, -0.1) is 0 Å². The fraction of sp³-hybridized carbons (Fsp3) is 0.538. The second-order valence-electron chi connectivity index (χ2n) is 5.35. The van der Waals surface area contributed by atoms with Crippen LogP contribution >= 0.6 is 0 Å². The Kier molecular flexibility index (Phi) is 4.20. The molecule has 0 aliphatic heterocycles. The standard InChI is InChI=1S/C13H21NO2S/c1-13(2,3)11-7-5-6-8-12(11)14-9-10-17(4,15)16/h5-8,14H,9-10H2,1-4H3. The predicted molar refractivity (Wildman–Crippen MR) is 73.3 cm³/mol. The van der Waals surface area contributed by atoms with Gasteiger partial charge in [0.05, 0.1) is 5.75 Å². The molecule has 0 saturated carbocycles. The zero-order chi connectivity index (χ0) is 13.1. The molecule has 0 aromatic heterocycles. The van der Waals surface area contributed by atoms with Crippen molar-refractivity contribution < 1.29 is 8.42 Å². The normalized spacial score (nSPS) is 12.5. The third-order valence-electron chi connectivity index (χ3n) is 2.52. The van der Waals surface area contributed by atoms with Gasteiger partial charge in [0.25, 0.3) is 0 Å². The highest BCUT2D eigenvalue weighted by Crippen LogP contribution is 2.28. The molecule has 0 bridgehead atoms. The lowest BCUT2D eigenvalue weighted by atomic mass is 9.86. The van der Waals surface area contributed by atoms with Crippen molar-refractivity contribution in [3.05, 3.63) is 29.8 Å². The Labute approximate surface area is 104 Å². The maximum atomic E-state index is 11.1. The average Bonchev–Trinajstić information content (AvgIpc) is 2.15. The summed E-state index contributed by atoms with van der Waals surface area (Å²) < 4.78 is 22.1. The van der Waals surface area contributed by atoms with Crippen molar-refractivity contribution in [1.29, 1.82) is 0 Å². The van der Waals surface area contributed by atoms with Crippen LogP contribution in [-0.2, 0) is 15.3 Å². The second kappa shape index (κ2) is 5.08. The van der Waals surface area contributed by atoms with E-state index in [-0.39, 0.29) is 11.2 Å². The van der Waals surface area contributed by atoms with E-state index in [4.69, 9.17) is 0 Å². The van der Waals surface area contributed by atoms with Crippen LogP contribution in [0.25, 0.3) is 0 Å². The number of para-hydroxylation sites is 1. The Morgan fingerprint density at radius 3 is 2.29 bits per heavy atom. The molecule has 0 aliphatic rings. The summed E-state index contributed by atoms with van der Waals surface area (Å²) in [6.07, 6.45) is 1.25. The zero-order valence-corrected chi connectivity index (χ0v) is 11.8. The van der Waals surface area contributed by atoms with Crippen molar-refractivity contribution in [3.63, 3.8) is 0 Å². The number of hydrogen-bond acceptors (Lipinski definition) is 3. The van der Waals surface area contributed by atoms with Gasteiger partial charge in [0.2, 0.25) is 0 Å². The summed E-state index contributed by atoms with van der Waals surface area (Å²) >= 11 is 0. The summed E-state index contributed by atoms with van der Waals surface area (Å²) in [5.74, 6) is 0.158. The fourth-order valence-electron chi connectivity index (χ4n) is 1.66. The van der Waals surface area contributed by atoms with E-state index < -0.39 is 9.84 Å². The molecule has 0 spiro atoms. The van der Waals surface area contributed by atoms with Gasteiger partial charge in [0.1, 0.15) is 9.84 Å². The summed E-state index contributed by atoms with van der Waals surface area (Å²) in [7, 11) is -2.91. The van der Waals surface area contributed by atoms with Gasteiger partial charge >= 0.3 is 0 Å². The van der Waals surface area contributed by atoms with Crippen LogP contribution < -0.4 is 5.32 Å². The van der Waals surface area contributed by atoms with Crippen LogP contribution in [0.4, 0.5) is 5.69 Å². The highest BCUT2D eigenvalue weighted by molar-refractivity contribution is 7.90. The molecular formula is C13H21NO2S. The number of hydrogen-bond donors (Lipinski definition) is 1. The van der Waals surface area contributed by atoms with Crippen LogP contribution in [0.3, 0.4) is 0 Å². The van der Waals surface area contributed by atoms with Crippen LogP contribution in [0.1, 0.15) is 26.3 Å². The van der Waals surface area contributed by atoms with Crippen molar-refractivity contribution in [1.82, 2.24) is 0 Å². The number of sulfone groups is 1. The maximum absolute atomic E-state index is 11.1. The minimum atomic E-state index is -2.91. The molecule has 1 rings (SSSR count). The quantitative estimate of drug-likeness (QED) is 0.899. The van der Waals surface area contributed by atoms with Gasteiger partial charge in [-0.25, -0.2) is 8.42 Å². The molecule has 96 valence electrons. The largest absolute Gasteiger partial charge is 0.384 e. The van der Waals surface area contributed by atoms with Crippen LogP contribution in [0.5, 0.6) is 0 Å². The molecule has 1 aromatic rings. The van der Waals surface area contributed by atoms with Gasteiger partial charge in [0, 0.05) is 18.5 Å². The molecule has 0 amide bonds. The molecule has 4 heteroatoms. The van der Waals surface area contributed by atoms with E-state index in [0.29, 0.717) is 6.54 Å². The van der Waals surface area contributed by atoms with E-state index in [9.17, 15) is 8.42 Å². The number of rotatable bonds is 4. The van der Waals surface area contributed by atoms with Gasteiger partial charge in [-0.2, -0.15) is 0 Å². The monoisotopic (exact) mass is 255 g/mol. The van der Waals surface area contributed by atoms with E-state index in [1.807, 2.05) is 18.2 Å². The van der Waals surface area contributed by atoms with Gasteiger partial charge in [-0.1, -0.05) is 39.0 Å². The third-order valence-corrected chi connectivity index (χ3v) is 3.47. The smallest absolute Gasteiger partial charge is 0.149 e. The molecule has 0 aliphatic carbocycles. The number of anilines is 1. The van der Waals surface area contributed by atoms with E-state index in [1.54, 1.807) is 0 Å². The predicted octanol–water partition coefficient (Wildman–Crippen LogP) is 2.44. The zero-order valence-electron chi connectivity index (χ0n) is 10.9. The van der Waals surface area contributed by atoms with Gasteiger partial charge in [0.15, 0.2) is 0 Å². The van der Waals surface area contributed by atoms with Crippen molar-refractivity contribution in [2.75, 3.05) is 23.9 Å². The van der Waals surface area contributed by atoms with Crippen LogP contribution in [-0.4, -0.2) is 27.0 Å². The third kappa shape index (κ3) is 4.77. The van der Waals surface area contributed by atoms with Gasteiger partial charge in [-0.05, 0) is 17.0 Å². The Bertz CT molecular complexity index is 472. The van der Waals surface area contributed by atoms with E-state index in [0.717, 1.165) is 5.69 Å². The van der Waals surface area contributed by atoms with Gasteiger partial charge < -0.3 is 5.32 Å². The topological polar surface area (TPSA) is 46.2 Å². The molecule has 0 fully saturated rings. The second-order valence-corrected chi connectivity index (χ2v) is 7.61. The summed E-state index contributed by atoms with van der Waals surface area (Å²) in [6, 6.07) is 8.02. The first kappa shape index (κ1) is 14.0. The first-order chi connectivity index (χ1) is 7.70. The van der Waals surface area contributed by atoms with Crippen molar-refractivity contribution in [2.24, 2.45) is 0 Å². The molecule has 0 atom stereocenters. The number of nitrogens with one attached hydrogen (secondary N) is 1. The first-order valence-corrected chi connectivity index (χ1v) is 7.77. The minimum absolute atomic E-state index is 0.0503. The Morgan fingerprint density at radius 1 is 1.18 bits per heavy atom. The molecule has 3 nitrogen and oxygen atoms in total. The average molecular weight is 255 g/mol. The molecular weight excluding hydrogens is 234 g/mol. The SMILES string of the molecule is CC(C)(C)c1ccccc1NCCS(C)(=O)=O. The Balaban J connectivity index is 2.78. The fourth-order valence-corrected chi connectivity index (χ4v) is 2.14. The van der Waals surface area contributed by atoms with Crippen molar-refractivity contribution in [2.45, 2.75) is 26.2 Å². The van der Waals surface area contributed by atoms with Crippen molar-refractivity contribution in [3.8, 4) is 0 Å². The first-order valence-electron chi connectivity index (χ1n) is 5.71. The molecule has 1 N–H and O–H groups in total. The minimum Gasteiger partial charge on any atom is -0.384 e. The molecule has 0 saturated heterocycles.